The highest BCUT2D eigenvalue weighted by molar-refractivity contribution is 6.11. The summed E-state index contributed by atoms with van der Waals surface area (Å²) < 4.78 is 0. The lowest BCUT2D eigenvalue weighted by Crippen LogP contribution is -2.46. The summed E-state index contributed by atoms with van der Waals surface area (Å²) >= 11 is 0. The summed E-state index contributed by atoms with van der Waals surface area (Å²) in [4.78, 5) is 38.0. The topological polar surface area (TPSA) is 66.5 Å². The summed E-state index contributed by atoms with van der Waals surface area (Å²) in [7, 11) is 0. The minimum Gasteiger partial charge on any atom is -0.323 e. The smallest absolute Gasteiger partial charge is 0.323 e. The molecule has 5 nitrogen and oxygen atoms in total. The van der Waals surface area contributed by atoms with Gasteiger partial charge in [0.05, 0.1) is 6.54 Å². The number of hydrogen-bond acceptors (Lipinski definition) is 3. The Balaban J connectivity index is 2.22. The maximum Gasteiger partial charge on any atom is 0.325 e. The highest BCUT2D eigenvalue weighted by Gasteiger charge is 2.49. The molecule has 1 saturated heterocycles. The molecule has 118 valence electrons. The van der Waals surface area contributed by atoms with Crippen LogP contribution in [0.3, 0.4) is 0 Å². The number of urea groups is 1. The fraction of sp³-hybridized carbons (Fsp3) is 0.471. The van der Waals surface area contributed by atoms with Gasteiger partial charge in [-0.1, -0.05) is 37.6 Å². The molecule has 0 aromatic heterocycles. The Morgan fingerprint density at radius 1 is 1.18 bits per heavy atom. The fourth-order valence-electron chi connectivity index (χ4n) is 2.90. The van der Waals surface area contributed by atoms with Gasteiger partial charge in [0.2, 0.25) is 0 Å². The molecular formula is C17H22N2O3. The highest BCUT2D eigenvalue weighted by Crippen LogP contribution is 2.25. The molecule has 0 saturated carbocycles. The molecule has 1 heterocycles. The van der Waals surface area contributed by atoms with Crippen LogP contribution in [-0.2, 0) is 4.79 Å². The molecule has 3 amide bonds. The Kier molecular flexibility index (Phi) is 4.35. The van der Waals surface area contributed by atoms with Crippen LogP contribution in [0, 0.1) is 13.8 Å². The van der Waals surface area contributed by atoms with E-state index in [1.807, 2.05) is 39.8 Å². The second-order valence-electron chi connectivity index (χ2n) is 5.85. The van der Waals surface area contributed by atoms with E-state index in [9.17, 15) is 14.4 Å². The average Bonchev–Trinajstić information content (AvgIpc) is 2.71. The van der Waals surface area contributed by atoms with Gasteiger partial charge in [-0.25, -0.2) is 4.79 Å². The number of imide groups is 1. The van der Waals surface area contributed by atoms with Gasteiger partial charge in [-0.3, -0.25) is 14.5 Å². The van der Waals surface area contributed by atoms with E-state index in [0.717, 1.165) is 16.0 Å². The second-order valence-corrected chi connectivity index (χ2v) is 5.85. The molecule has 1 N–H and O–H groups in total. The molecule has 0 unspecified atom stereocenters. The van der Waals surface area contributed by atoms with E-state index in [1.54, 1.807) is 6.07 Å². The van der Waals surface area contributed by atoms with Crippen LogP contribution in [0.5, 0.6) is 0 Å². The number of ketones is 1. The van der Waals surface area contributed by atoms with Crippen molar-refractivity contribution in [2.24, 2.45) is 0 Å². The predicted octanol–water partition coefficient (Wildman–Crippen LogP) is 2.60. The number of amides is 3. The van der Waals surface area contributed by atoms with E-state index in [1.165, 1.54) is 0 Å². The van der Waals surface area contributed by atoms with Crippen molar-refractivity contribution in [2.45, 2.75) is 46.1 Å². The zero-order valence-electron chi connectivity index (χ0n) is 13.5. The Morgan fingerprint density at radius 3 is 2.32 bits per heavy atom. The number of rotatable bonds is 5. The molecule has 1 aromatic rings. The molecule has 0 atom stereocenters. The first kappa shape index (κ1) is 16.2. The monoisotopic (exact) mass is 302 g/mol. The van der Waals surface area contributed by atoms with Crippen molar-refractivity contribution in [3.63, 3.8) is 0 Å². The molecule has 0 spiro atoms. The number of nitrogens with one attached hydrogen (secondary N) is 1. The normalized spacial score (nSPS) is 16.8. The van der Waals surface area contributed by atoms with Crippen molar-refractivity contribution in [3.05, 3.63) is 34.9 Å². The molecule has 0 aliphatic carbocycles. The molecule has 2 rings (SSSR count). The lowest BCUT2D eigenvalue weighted by molar-refractivity contribution is -0.131. The minimum atomic E-state index is -0.861. The Morgan fingerprint density at radius 2 is 1.82 bits per heavy atom. The number of carbonyl (C=O) groups is 3. The maximum absolute atomic E-state index is 12.5. The third-order valence-corrected chi connectivity index (χ3v) is 4.44. The van der Waals surface area contributed by atoms with E-state index in [4.69, 9.17) is 0 Å². The van der Waals surface area contributed by atoms with Gasteiger partial charge in [0.1, 0.15) is 5.54 Å². The van der Waals surface area contributed by atoms with E-state index in [2.05, 4.69) is 5.32 Å². The Hall–Kier alpha value is -2.17. The van der Waals surface area contributed by atoms with Gasteiger partial charge in [-0.2, -0.15) is 0 Å². The van der Waals surface area contributed by atoms with Crippen LogP contribution in [0.25, 0.3) is 0 Å². The summed E-state index contributed by atoms with van der Waals surface area (Å²) in [5.74, 6) is -0.523. The third kappa shape index (κ3) is 2.63. The van der Waals surface area contributed by atoms with Gasteiger partial charge in [0.15, 0.2) is 5.78 Å². The SMILES string of the molecule is CCC1(CC)NC(=O)N(CC(=O)c2ccc(C)cc2C)C1=O. The predicted molar refractivity (Wildman–Crippen MR) is 83.8 cm³/mol. The third-order valence-electron chi connectivity index (χ3n) is 4.44. The van der Waals surface area contributed by atoms with Crippen LogP contribution in [0.2, 0.25) is 0 Å². The number of carbonyl (C=O) groups excluding carboxylic acids is 3. The first-order chi connectivity index (χ1) is 10.3. The van der Waals surface area contributed by atoms with Crippen molar-refractivity contribution in [1.82, 2.24) is 10.2 Å². The fourth-order valence-corrected chi connectivity index (χ4v) is 2.90. The van der Waals surface area contributed by atoms with Crippen LogP contribution >= 0.6 is 0 Å². The van der Waals surface area contributed by atoms with Gasteiger partial charge in [0.25, 0.3) is 5.91 Å². The van der Waals surface area contributed by atoms with Crippen molar-refractivity contribution in [2.75, 3.05) is 6.54 Å². The summed E-state index contributed by atoms with van der Waals surface area (Å²) in [5, 5.41) is 2.73. The molecule has 0 radical (unpaired) electrons. The highest BCUT2D eigenvalue weighted by atomic mass is 16.2. The number of nitrogens with zero attached hydrogens (tertiary/aromatic N) is 1. The number of aryl methyl sites for hydroxylation is 2. The molecule has 0 bridgehead atoms. The lowest BCUT2D eigenvalue weighted by Gasteiger charge is -2.23. The molecule has 1 aromatic carbocycles. The molecular weight excluding hydrogens is 280 g/mol. The molecule has 1 aliphatic heterocycles. The summed E-state index contributed by atoms with van der Waals surface area (Å²) in [6.07, 6.45) is 1.03. The van der Waals surface area contributed by atoms with Crippen molar-refractivity contribution < 1.29 is 14.4 Å². The molecule has 5 heteroatoms. The van der Waals surface area contributed by atoms with Crippen LogP contribution < -0.4 is 5.32 Å². The summed E-state index contributed by atoms with van der Waals surface area (Å²) in [5.41, 5.74) is 1.62. The number of benzene rings is 1. The molecule has 22 heavy (non-hydrogen) atoms. The molecule has 1 aliphatic rings. The quantitative estimate of drug-likeness (QED) is 0.671. The Bertz CT molecular complexity index is 633. The minimum absolute atomic E-state index is 0.212. The number of hydrogen-bond donors (Lipinski definition) is 1. The first-order valence-corrected chi connectivity index (χ1v) is 7.59. The van der Waals surface area contributed by atoms with E-state index >= 15 is 0 Å². The van der Waals surface area contributed by atoms with Gasteiger partial charge in [-0.15, -0.1) is 0 Å². The first-order valence-electron chi connectivity index (χ1n) is 7.59. The van der Waals surface area contributed by atoms with E-state index < -0.39 is 11.6 Å². The van der Waals surface area contributed by atoms with Gasteiger partial charge < -0.3 is 5.32 Å². The summed E-state index contributed by atoms with van der Waals surface area (Å²) in [6.45, 7) is 7.31. The van der Waals surface area contributed by atoms with E-state index in [-0.39, 0.29) is 18.2 Å². The van der Waals surface area contributed by atoms with Crippen molar-refractivity contribution >= 4 is 17.7 Å². The van der Waals surface area contributed by atoms with Gasteiger partial charge in [0, 0.05) is 5.56 Å². The average molecular weight is 302 g/mol. The second kappa shape index (κ2) is 5.91. The zero-order chi connectivity index (χ0) is 16.5. The lowest BCUT2D eigenvalue weighted by atomic mass is 9.93. The molecule has 1 fully saturated rings. The van der Waals surface area contributed by atoms with Crippen LogP contribution in [0.4, 0.5) is 4.79 Å². The van der Waals surface area contributed by atoms with Crippen molar-refractivity contribution in [1.29, 1.82) is 0 Å². The maximum atomic E-state index is 12.5. The van der Waals surface area contributed by atoms with Crippen LogP contribution in [0.15, 0.2) is 18.2 Å². The van der Waals surface area contributed by atoms with Crippen LogP contribution in [-0.4, -0.2) is 34.7 Å². The number of Topliss-reactive ketones (excluding diaryl/α,β-unsaturated/α-hetero) is 1. The zero-order valence-corrected chi connectivity index (χ0v) is 13.5. The summed E-state index contributed by atoms with van der Waals surface area (Å²) in [6, 6.07) is 5.04. The van der Waals surface area contributed by atoms with Crippen LogP contribution in [0.1, 0.15) is 48.2 Å². The van der Waals surface area contributed by atoms with E-state index in [0.29, 0.717) is 18.4 Å². The largest absolute Gasteiger partial charge is 0.325 e. The van der Waals surface area contributed by atoms with Crippen molar-refractivity contribution in [3.8, 4) is 0 Å². The Labute approximate surface area is 130 Å². The van der Waals surface area contributed by atoms with Gasteiger partial charge >= 0.3 is 6.03 Å². The standard InChI is InChI=1S/C17H22N2O3/c1-5-17(6-2)15(21)19(16(22)18-17)10-14(20)13-8-7-11(3)9-12(13)4/h7-9H,5-6,10H2,1-4H3,(H,18,22). The van der Waals surface area contributed by atoms with Gasteiger partial charge in [-0.05, 0) is 32.3 Å².